The van der Waals surface area contributed by atoms with Crippen LogP contribution in [0.15, 0.2) is 52.9 Å². The Morgan fingerprint density at radius 2 is 1.97 bits per heavy atom. The summed E-state index contributed by atoms with van der Waals surface area (Å²) >= 11 is 8.93. The molecule has 33 heavy (non-hydrogen) atoms. The molecular formula is C21H23ClN4O4S3. The molecule has 0 saturated carbocycles. The summed E-state index contributed by atoms with van der Waals surface area (Å²) in [5.74, 6) is 0.618. The van der Waals surface area contributed by atoms with Gasteiger partial charge in [0.15, 0.2) is 4.34 Å². The molecule has 12 heteroatoms. The maximum atomic E-state index is 13.1. The van der Waals surface area contributed by atoms with Crippen LogP contribution in [-0.4, -0.2) is 43.9 Å². The molecule has 0 spiro atoms. The second kappa shape index (κ2) is 11.2. The van der Waals surface area contributed by atoms with Crippen LogP contribution >= 0.6 is 34.7 Å². The molecule has 2 aromatic carbocycles. The van der Waals surface area contributed by atoms with Gasteiger partial charge in [0.1, 0.15) is 11.8 Å². The molecule has 0 aliphatic heterocycles. The maximum absolute atomic E-state index is 13.1. The van der Waals surface area contributed by atoms with E-state index in [1.165, 1.54) is 36.3 Å². The van der Waals surface area contributed by atoms with Crippen LogP contribution in [0.4, 0.5) is 10.8 Å². The molecule has 1 atom stereocenters. The molecule has 0 unspecified atom stereocenters. The van der Waals surface area contributed by atoms with E-state index in [9.17, 15) is 13.2 Å². The number of nitrogens with one attached hydrogen (secondary N) is 1. The Hall–Kier alpha value is -2.34. The fraction of sp³-hybridized carbons (Fsp3) is 0.286. The molecule has 176 valence electrons. The minimum Gasteiger partial charge on any atom is -0.495 e. The van der Waals surface area contributed by atoms with Gasteiger partial charge in [-0.05, 0) is 30.2 Å². The molecule has 1 amide bonds. The third-order valence-corrected chi connectivity index (χ3v) is 8.08. The summed E-state index contributed by atoms with van der Waals surface area (Å²) in [7, 11) is -2.34. The van der Waals surface area contributed by atoms with Gasteiger partial charge in [-0.15, -0.1) is 10.2 Å². The first kappa shape index (κ1) is 25.3. The van der Waals surface area contributed by atoms with E-state index in [1.54, 1.807) is 19.1 Å². The largest absolute Gasteiger partial charge is 0.495 e. The highest BCUT2D eigenvalue weighted by Gasteiger charge is 2.32. The Morgan fingerprint density at radius 1 is 1.24 bits per heavy atom. The Balaban J connectivity index is 1.76. The summed E-state index contributed by atoms with van der Waals surface area (Å²) < 4.78 is 32.1. The van der Waals surface area contributed by atoms with E-state index in [-0.39, 0.29) is 17.1 Å². The molecule has 1 heterocycles. The average Bonchev–Trinajstić information content (AvgIpc) is 3.22. The van der Waals surface area contributed by atoms with Crippen molar-refractivity contribution in [1.82, 2.24) is 10.2 Å². The van der Waals surface area contributed by atoms with Gasteiger partial charge in [-0.1, -0.05) is 72.0 Å². The first-order valence-electron chi connectivity index (χ1n) is 9.87. The van der Waals surface area contributed by atoms with Gasteiger partial charge >= 0.3 is 0 Å². The van der Waals surface area contributed by atoms with E-state index < -0.39 is 22.0 Å². The van der Waals surface area contributed by atoms with E-state index in [4.69, 9.17) is 16.3 Å². The smallest absolute Gasteiger partial charge is 0.250 e. The van der Waals surface area contributed by atoms with Crippen molar-refractivity contribution in [3.63, 3.8) is 0 Å². The van der Waals surface area contributed by atoms with Gasteiger partial charge in [-0.25, -0.2) is 8.42 Å². The first-order chi connectivity index (χ1) is 15.7. The number of benzene rings is 2. The number of ether oxygens (including phenoxy) is 1. The number of sulfonamides is 1. The summed E-state index contributed by atoms with van der Waals surface area (Å²) in [5.41, 5.74) is 1.41. The van der Waals surface area contributed by atoms with Crippen molar-refractivity contribution >= 4 is 61.4 Å². The van der Waals surface area contributed by atoms with Crippen LogP contribution in [0.2, 0.25) is 5.02 Å². The van der Waals surface area contributed by atoms with Crippen LogP contribution in [0, 0.1) is 0 Å². The summed E-state index contributed by atoms with van der Waals surface area (Å²) in [5, 5.41) is 11.4. The normalized spacial score (nSPS) is 12.2. The number of aromatic nitrogens is 2. The number of anilines is 2. The standard InChI is InChI=1S/C21H23ClN4O4S3/c1-4-17(26(33(3,28)29)15-10-11-18(30-2)16(22)12-15)19(27)23-20-24-25-21(32-20)31-13-14-8-6-5-7-9-14/h5-12,17H,4,13H2,1-3H3,(H,23,24,27)/t17-/m0/s1. The van der Waals surface area contributed by atoms with E-state index >= 15 is 0 Å². The Kier molecular flexibility index (Phi) is 8.57. The number of rotatable bonds is 10. The molecule has 0 fully saturated rings. The SMILES string of the molecule is CC[C@@H](C(=O)Nc1nnc(SCc2ccccc2)s1)N(c1ccc(OC)c(Cl)c1)S(C)(=O)=O. The van der Waals surface area contributed by atoms with Gasteiger partial charge < -0.3 is 4.74 Å². The third-order valence-electron chi connectivity index (χ3n) is 4.56. The Morgan fingerprint density at radius 3 is 2.58 bits per heavy atom. The predicted molar refractivity (Wildman–Crippen MR) is 134 cm³/mol. The van der Waals surface area contributed by atoms with Crippen LogP contribution < -0.4 is 14.4 Å². The molecule has 3 rings (SSSR count). The van der Waals surface area contributed by atoms with Crippen molar-refractivity contribution < 1.29 is 17.9 Å². The highest BCUT2D eigenvalue weighted by Crippen LogP contribution is 2.33. The van der Waals surface area contributed by atoms with E-state index in [2.05, 4.69) is 15.5 Å². The monoisotopic (exact) mass is 526 g/mol. The average molecular weight is 527 g/mol. The molecule has 0 saturated heterocycles. The van der Waals surface area contributed by atoms with Crippen LogP contribution in [-0.2, 0) is 20.6 Å². The summed E-state index contributed by atoms with van der Waals surface area (Å²) in [6.45, 7) is 1.73. The lowest BCUT2D eigenvalue weighted by atomic mass is 10.2. The molecule has 8 nitrogen and oxygen atoms in total. The van der Waals surface area contributed by atoms with Crippen molar-refractivity contribution in [2.45, 2.75) is 29.5 Å². The van der Waals surface area contributed by atoms with Crippen molar-refractivity contribution in [1.29, 1.82) is 0 Å². The van der Waals surface area contributed by atoms with Gasteiger partial charge in [0.05, 0.1) is 24.1 Å². The zero-order valence-electron chi connectivity index (χ0n) is 18.2. The van der Waals surface area contributed by atoms with E-state index in [0.29, 0.717) is 15.2 Å². The lowest BCUT2D eigenvalue weighted by Gasteiger charge is -2.30. The van der Waals surface area contributed by atoms with E-state index in [1.807, 2.05) is 30.3 Å². The molecule has 0 bridgehead atoms. The quantitative estimate of drug-likeness (QED) is 0.302. The Labute approximate surface area is 206 Å². The second-order valence-electron chi connectivity index (χ2n) is 6.94. The number of thioether (sulfide) groups is 1. The number of halogens is 1. The van der Waals surface area contributed by atoms with Crippen LogP contribution in [0.25, 0.3) is 0 Å². The van der Waals surface area contributed by atoms with E-state index in [0.717, 1.165) is 21.9 Å². The highest BCUT2D eigenvalue weighted by molar-refractivity contribution is 8.00. The molecular weight excluding hydrogens is 504 g/mol. The summed E-state index contributed by atoms with van der Waals surface area (Å²) in [4.78, 5) is 13.1. The van der Waals surface area contributed by atoms with Gasteiger partial charge in [0, 0.05) is 5.75 Å². The number of carbonyl (C=O) groups is 1. The van der Waals surface area contributed by atoms with Gasteiger partial charge in [-0.3, -0.25) is 14.4 Å². The van der Waals surface area contributed by atoms with Crippen LogP contribution in [0.3, 0.4) is 0 Å². The van der Waals surface area contributed by atoms with Crippen LogP contribution in [0.5, 0.6) is 5.75 Å². The van der Waals surface area contributed by atoms with Gasteiger partial charge in [0.2, 0.25) is 21.1 Å². The number of carbonyl (C=O) groups excluding carboxylic acids is 1. The minimum absolute atomic E-state index is 0.233. The van der Waals surface area contributed by atoms with Crippen LogP contribution in [0.1, 0.15) is 18.9 Å². The van der Waals surface area contributed by atoms with Crippen molar-refractivity contribution in [2.75, 3.05) is 23.0 Å². The van der Waals surface area contributed by atoms with Gasteiger partial charge in [0.25, 0.3) is 0 Å². The summed E-state index contributed by atoms with van der Waals surface area (Å²) in [6.07, 6.45) is 1.28. The lowest BCUT2D eigenvalue weighted by Crippen LogP contribution is -2.47. The molecule has 3 aromatic rings. The number of hydrogen-bond acceptors (Lipinski definition) is 8. The molecule has 0 aliphatic rings. The zero-order chi connectivity index (χ0) is 24.0. The zero-order valence-corrected chi connectivity index (χ0v) is 21.4. The topological polar surface area (TPSA) is 101 Å². The van der Waals surface area contributed by atoms with Gasteiger partial charge in [-0.2, -0.15) is 0 Å². The second-order valence-corrected chi connectivity index (χ2v) is 11.4. The highest BCUT2D eigenvalue weighted by atomic mass is 35.5. The number of methoxy groups -OCH3 is 1. The molecule has 0 radical (unpaired) electrons. The summed E-state index contributed by atoms with van der Waals surface area (Å²) in [6, 6.07) is 13.5. The van der Waals surface area contributed by atoms with Crippen molar-refractivity contribution in [2.24, 2.45) is 0 Å². The van der Waals surface area contributed by atoms with Crippen molar-refractivity contribution in [3.8, 4) is 5.75 Å². The number of nitrogens with zero attached hydrogens (tertiary/aromatic N) is 3. The molecule has 0 aliphatic carbocycles. The van der Waals surface area contributed by atoms with Crippen molar-refractivity contribution in [3.05, 3.63) is 59.1 Å². The number of amides is 1. The first-order valence-corrected chi connectivity index (χ1v) is 13.9. The lowest BCUT2D eigenvalue weighted by molar-refractivity contribution is -0.117. The molecule has 1 aromatic heterocycles. The maximum Gasteiger partial charge on any atom is 0.250 e. The predicted octanol–water partition coefficient (Wildman–Crippen LogP) is 4.68. The minimum atomic E-state index is -3.80. The fourth-order valence-electron chi connectivity index (χ4n) is 3.08. The fourth-order valence-corrected chi connectivity index (χ4v) is 6.25. The Bertz CT molecular complexity index is 1210. The molecule has 1 N–H and O–H groups in total. The number of hydrogen-bond donors (Lipinski definition) is 1. The third kappa shape index (κ3) is 6.59.